The first-order valence-corrected chi connectivity index (χ1v) is 7.74. The average molecular weight is 327 g/mol. The number of ether oxygens (including phenoxy) is 1. The van der Waals surface area contributed by atoms with Crippen molar-refractivity contribution in [2.45, 2.75) is 62.3 Å². The molecule has 0 spiro atoms. The SMILES string of the molecule is C#C[C@H](C)[C@@H](CCCCCCC)OC(=N)C(Cl)(Cl)Cl. The summed E-state index contributed by atoms with van der Waals surface area (Å²) in [5.74, 6) is 2.15. The molecule has 0 aromatic heterocycles. The van der Waals surface area contributed by atoms with Crippen molar-refractivity contribution >= 4 is 40.7 Å². The summed E-state index contributed by atoms with van der Waals surface area (Å²) in [6, 6.07) is 0. The molecular formula is C14H22Cl3NO. The van der Waals surface area contributed by atoms with E-state index < -0.39 is 3.79 Å². The van der Waals surface area contributed by atoms with Crippen LogP contribution in [0.3, 0.4) is 0 Å². The summed E-state index contributed by atoms with van der Waals surface area (Å²) in [7, 11) is 0. The Labute approximate surface area is 131 Å². The molecule has 2 atom stereocenters. The first kappa shape index (κ1) is 18.9. The van der Waals surface area contributed by atoms with E-state index in [1.807, 2.05) is 6.92 Å². The van der Waals surface area contributed by atoms with Gasteiger partial charge in [0.1, 0.15) is 6.10 Å². The second-order valence-corrected chi connectivity index (χ2v) is 6.92. The van der Waals surface area contributed by atoms with Gasteiger partial charge in [-0.1, -0.05) is 73.3 Å². The Morgan fingerprint density at radius 3 is 2.32 bits per heavy atom. The number of halogens is 3. The van der Waals surface area contributed by atoms with Gasteiger partial charge in [0.15, 0.2) is 0 Å². The number of alkyl halides is 3. The minimum absolute atomic E-state index is 0.112. The van der Waals surface area contributed by atoms with Crippen LogP contribution in [0.2, 0.25) is 0 Å². The van der Waals surface area contributed by atoms with E-state index in [0.717, 1.165) is 19.3 Å². The summed E-state index contributed by atoms with van der Waals surface area (Å²) in [6.45, 7) is 4.05. The summed E-state index contributed by atoms with van der Waals surface area (Å²) < 4.78 is 3.59. The van der Waals surface area contributed by atoms with Crippen LogP contribution in [0, 0.1) is 23.7 Å². The molecule has 2 nitrogen and oxygen atoms in total. The van der Waals surface area contributed by atoms with Crippen molar-refractivity contribution in [1.29, 1.82) is 5.41 Å². The lowest BCUT2D eigenvalue weighted by Crippen LogP contribution is -2.30. The molecule has 0 heterocycles. The lowest BCUT2D eigenvalue weighted by Gasteiger charge is -2.24. The van der Waals surface area contributed by atoms with E-state index in [4.69, 9.17) is 51.4 Å². The van der Waals surface area contributed by atoms with E-state index >= 15 is 0 Å². The van der Waals surface area contributed by atoms with Gasteiger partial charge in [0.2, 0.25) is 5.90 Å². The van der Waals surface area contributed by atoms with E-state index in [1.54, 1.807) is 0 Å². The van der Waals surface area contributed by atoms with Crippen LogP contribution in [-0.2, 0) is 4.74 Å². The highest BCUT2D eigenvalue weighted by molar-refractivity contribution is 6.76. The van der Waals surface area contributed by atoms with Gasteiger partial charge in [-0.05, 0) is 19.8 Å². The van der Waals surface area contributed by atoms with Crippen molar-refractivity contribution in [1.82, 2.24) is 0 Å². The number of unbranched alkanes of at least 4 members (excludes halogenated alkanes) is 4. The summed E-state index contributed by atoms with van der Waals surface area (Å²) >= 11 is 16.8. The minimum atomic E-state index is -1.82. The Bertz CT molecular complexity index is 307. The third-order valence-electron chi connectivity index (χ3n) is 2.94. The van der Waals surface area contributed by atoms with Crippen LogP contribution < -0.4 is 0 Å². The van der Waals surface area contributed by atoms with Gasteiger partial charge in [-0.3, -0.25) is 5.41 Å². The monoisotopic (exact) mass is 325 g/mol. The Morgan fingerprint density at radius 2 is 1.84 bits per heavy atom. The number of nitrogens with one attached hydrogen (secondary N) is 1. The van der Waals surface area contributed by atoms with Crippen molar-refractivity contribution < 1.29 is 4.74 Å². The van der Waals surface area contributed by atoms with Crippen LogP contribution in [0.15, 0.2) is 0 Å². The molecule has 0 aliphatic carbocycles. The Kier molecular flexibility index (Phi) is 9.70. The van der Waals surface area contributed by atoms with E-state index in [9.17, 15) is 0 Å². The highest BCUT2D eigenvalue weighted by Crippen LogP contribution is 2.29. The lowest BCUT2D eigenvalue weighted by molar-refractivity contribution is 0.137. The largest absolute Gasteiger partial charge is 0.473 e. The van der Waals surface area contributed by atoms with E-state index in [1.165, 1.54) is 19.3 Å². The normalized spacial score (nSPS) is 14.5. The van der Waals surface area contributed by atoms with Crippen molar-refractivity contribution in [2.24, 2.45) is 5.92 Å². The van der Waals surface area contributed by atoms with Gasteiger partial charge < -0.3 is 4.74 Å². The highest BCUT2D eigenvalue weighted by atomic mass is 35.6. The van der Waals surface area contributed by atoms with Crippen LogP contribution in [0.1, 0.15) is 52.4 Å². The molecule has 0 aromatic rings. The van der Waals surface area contributed by atoms with Crippen LogP contribution in [0.5, 0.6) is 0 Å². The van der Waals surface area contributed by atoms with E-state index in [2.05, 4.69) is 12.8 Å². The van der Waals surface area contributed by atoms with Gasteiger partial charge in [0.05, 0.1) is 5.92 Å². The molecule has 0 fully saturated rings. The highest BCUT2D eigenvalue weighted by Gasteiger charge is 2.31. The summed E-state index contributed by atoms with van der Waals surface area (Å²) in [5.41, 5.74) is 0. The number of terminal acetylenes is 1. The van der Waals surface area contributed by atoms with Gasteiger partial charge in [-0.15, -0.1) is 6.42 Å². The van der Waals surface area contributed by atoms with Crippen LogP contribution in [0.25, 0.3) is 0 Å². The third-order valence-corrected chi connectivity index (χ3v) is 3.45. The topological polar surface area (TPSA) is 33.1 Å². The molecule has 1 N–H and O–H groups in total. The first-order valence-electron chi connectivity index (χ1n) is 6.61. The standard InChI is InChI=1S/C14H22Cl3NO/c1-4-6-7-8-9-10-12(11(3)5-2)19-13(18)14(15,16)17/h2,11-12,18H,4,6-10H2,1,3H3/t11-,12+/m0/s1. The van der Waals surface area contributed by atoms with Crippen molar-refractivity contribution in [2.75, 3.05) is 0 Å². The molecular weight excluding hydrogens is 305 g/mol. The maximum absolute atomic E-state index is 7.60. The lowest BCUT2D eigenvalue weighted by atomic mass is 9.99. The molecule has 0 radical (unpaired) electrons. The molecule has 0 amide bonds. The van der Waals surface area contributed by atoms with Gasteiger partial charge in [0, 0.05) is 0 Å². The molecule has 0 bridgehead atoms. The molecule has 0 rings (SSSR count). The van der Waals surface area contributed by atoms with Crippen LogP contribution in [0.4, 0.5) is 0 Å². The Hall–Kier alpha value is -0.100. The molecule has 0 saturated carbocycles. The third kappa shape index (κ3) is 8.63. The summed E-state index contributed by atoms with van der Waals surface area (Å²) in [5, 5.41) is 7.60. The van der Waals surface area contributed by atoms with Gasteiger partial charge in [-0.2, -0.15) is 0 Å². The van der Waals surface area contributed by atoms with E-state index in [0.29, 0.717) is 0 Å². The van der Waals surface area contributed by atoms with Crippen molar-refractivity contribution in [3.05, 3.63) is 0 Å². The van der Waals surface area contributed by atoms with Crippen molar-refractivity contribution in [3.8, 4) is 12.3 Å². The molecule has 0 unspecified atom stereocenters. The van der Waals surface area contributed by atoms with E-state index in [-0.39, 0.29) is 17.9 Å². The number of hydrogen-bond donors (Lipinski definition) is 1. The summed E-state index contributed by atoms with van der Waals surface area (Å²) in [4.78, 5) is 0. The second kappa shape index (κ2) is 9.75. The zero-order chi connectivity index (χ0) is 14.9. The molecule has 0 aliphatic rings. The first-order chi connectivity index (χ1) is 8.82. The predicted octanol–water partition coefficient (Wildman–Crippen LogP) is 5.35. The molecule has 110 valence electrons. The molecule has 19 heavy (non-hydrogen) atoms. The van der Waals surface area contributed by atoms with Crippen molar-refractivity contribution in [3.63, 3.8) is 0 Å². The predicted molar refractivity (Wildman–Crippen MR) is 84.3 cm³/mol. The summed E-state index contributed by atoms with van der Waals surface area (Å²) in [6.07, 6.45) is 11.7. The smallest absolute Gasteiger partial charge is 0.265 e. The number of rotatable bonds is 8. The second-order valence-electron chi connectivity index (χ2n) is 4.64. The fourth-order valence-corrected chi connectivity index (χ4v) is 1.82. The molecule has 5 heteroatoms. The fraction of sp³-hybridized carbons (Fsp3) is 0.786. The Balaban J connectivity index is 4.26. The van der Waals surface area contributed by atoms with Crippen LogP contribution >= 0.6 is 34.8 Å². The molecule has 0 aromatic carbocycles. The molecule has 0 aliphatic heterocycles. The Morgan fingerprint density at radius 1 is 1.26 bits per heavy atom. The van der Waals surface area contributed by atoms with Gasteiger partial charge >= 0.3 is 0 Å². The molecule has 0 saturated heterocycles. The zero-order valence-corrected chi connectivity index (χ0v) is 13.8. The van der Waals surface area contributed by atoms with Crippen LogP contribution in [-0.4, -0.2) is 15.8 Å². The average Bonchev–Trinajstić information content (AvgIpc) is 2.34. The fourth-order valence-electron chi connectivity index (χ4n) is 1.69. The minimum Gasteiger partial charge on any atom is -0.473 e. The quantitative estimate of drug-likeness (QED) is 0.211. The maximum Gasteiger partial charge on any atom is 0.265 e. The zero-order valence-electron chi connectivity index (χ0n) is 11.5. The van der Waals surface area contributed by atoms with Gasteiger partial charge in [-0.25, -0.2) is 0 Å². The van der Waals surface area contributed by atoms with Gasteiger partial charge in [0.25, 0.3) is 3.79 Å². The maximum atomic E-state index is 7.60. The number of hydrogen-bond acceptors (Lipinski definition) is 2.